The second-order valence-corrected chi connectivity index (χ2v) is 5.94. The topological polar surface area (TPSA) is 76.7 Å². The second kappa shape index (κ2) is 10.9. The van der Waals surface area contributed by atoms with Gasteiger partial charge in [0.15, 0.2) is 11.5 Å². The van der Waals surface area contributed by atoms with E-state index in [1.807, 2.05) is 32.0 Å². The maximum absolute atomic E-state index is 12.9. The standard InChI is InChI=1S/C21H25FN2O4/c1-3-27-18-10-5-15(13-19(18)28-4-2)11-12-23-20(25)14-24-21(26)16-6-8-17(22)9-7-16/h5-10,13H,3-4,11-12,14H2,1-2H3,(H,23,25)(H,24,26). The van der Waals surface area contributed by atoms with Crippen molar-refractivity contribution in [3.05, 3.63) is 59.4 Å². The van der Waals surface area contributed by atoms with Gasteiger partial charge in [-0.3, -0.25) is 9.59 Å². The van der Waals surface area contributed by atoms with Gasteiger partial charge in [-0.25, -0.2) is 4.39 Å². The number of ether oxygens (including phenoxy) is 2. The molecule has 0 aromatic heterocycles. The molecule has 28 heavy (non-hydrogen) atoms. The highest BCUT2D eigenvalue weighted by atomic mass is 19.1. The zero-order valence-electron chi connectivity index (χ0n) is 16.1. The number of rotatable bonds is 10. The predicted octanol–water partition coefficient (Wildman–Crippen LogP) is 2.71. The zero-order chi connectivity index (χ0) is 20.4. The van der Waals surface area contributed by atoms with Crippen molar-refractivity contribution in [1.29, 1.82) is 0 Å². The molecule has 6 nitrogen and oxygen atoms in total. The summed E-state index contributed by atoms with van der Waals surface area (Å²) in [4.78, 5) is 23.8. The van der Waals surface area contributed by atoms with Gasteiger partial charge in [-0.2, -0.15) is 0 Å². The Labute approximate surface area is 164 Å². The molecular weight excluding hydrogens is 363 g/mol. The first-order chi connectivity index (χ1) is 13.5. The first-order valence-corrected chi connectivity index (χ1v) is 9.22. The Morgan fingerprint density at radius 1 is 0.929 bits per heavy atom. The van der Waals surface area contributed by atoms with Crippen molar-refractivity contribution in [3.63, 3.8) is 0 Å². The van der Waals surface area contributed by atoms with Crippen molar-refractivity contribution in [2.24, 2.45) is 0 Å². The van der Waals surface area contributed by atoms with E-state index in [1.54, 1.807) is 0 Å². The van der Waals surface area contributed by atoms with Crippen LogP contribution in [0.4, 0.5) is 4.39 Å². The van der Waals surface area contributed by atoms with Gasteiger partial charge < -0.3 is 20.1 Å². The number of carbonyl (C=O) groups is 2. The lowest BCUT2D eigenvalue weighted by molar-refractivity contribution is -0.120. The van der Waals surface area contributed by atoms with E-state index in [1.165, 1.54) is 24.3 Å². The number of amides is 2. The molecule has 0 atom stereocenters. The molecule has 0 fully saturated rings. The second-order valence-electron chi connectivity index (χ2n) is 5.94. The first-order valence-electron chi connectivity index (χ1n) is 9.22. The minimum Gasteiger partial charge on any atom is -0.490 e. The van der Waals surface area contributed by atoms with Crippen LogP contribution >= 0.6 is 0 Å². The maximum atomic E-state index is 12.9. The van der Waals surface area contributed by atoms with Crippen molar-refractivity contribution < 1.29 is 23.5 Å². The van der Waals surface area contributed by atoms with Gasteiger partial charge in [-0.15, -0.1) is 0 Å². The van der Waals surface area contributed by atoms with Gasteiger partial charge in [0.2, 0.25) is 5.91 Å². The number of benzene rings is 2. The highest BCUT2D eigenvalue weighted by Gasteiger charge is 2.09. The maximum Gasteiger partial charge on any atom is 0.251 e. The predicted molar refractivity (Wildman–Crippen MR) is 104 cm³/mol. The Morgan fingerprint density at radius 2 is 1.61 bits per heavy atom. The molecule has 2 rings (SSSR count). The minimum absolute atomic E-state index is 0.149. The first kappa shape index (κ1) is 21.2. The van der Waals surface area contributed by atoms with Gasteiger partial charge in [0.1, 0.15) is 5.82 Å². The molecule has 0 unspecified atom stereocenters. The Morgan fingerprint density at radius 3 is 2.29 bits per heavy atom. The summed E-state index contributed by atoms with van der Waals surface area (Å²) in [6, 6.07) is 10.8. The van der Waals surface area contributed by atoms with Gasteiger partial charge in [0.05, 0.1) is 19.8 Å². The fraction of sp³-hybridized carbons (Fsp3) is 0.333. The molecule has 2 N–H and O–H groups in total. The summed E-state index contributed by atoms with van der Waals surface area (Å²) in [6.07, 6.45) is 0.615. The zero-order valence-corrected chi connectivity index (χ0v) is 16.1. The van der Waals surface area contributed by atoms with E-state index in [4.69, 9.17) is 9.47 Å². The molecule has 0 heterocycles. The van der Waals surface area contributed by atoms with Crippen molar-refractivity contribution in [2.75, 3.05) is 26.3 Å². The molecule has 150 valence electrons. The quantitative estimate of drug-likeness (QED) is 0.656. The van der Waals surface area contributed by atoms with Gasteiger partial charge in [0.25, 0.3) is 5.91 Å². The van der Waals surface area contributed by atoms with E-state index in [0.717, 1.165) is 5.56 Å². The molecule has 0 aliphatic carbocycles. The van der Waals surface area contributed by atoms with Crippen molar-refractivity contribution >= 4 is 11.8 Å². The molecule has 2 aromatic carbocycles. The minimum atomic E-state index is -0.428. The summed E-state index contributed by atoms with van der Waals surface area (Å²) in [7, 11) is 0. The van der Waals surface area contributed by atoms with E-state index < -0.39 is 11.7 Å². The molecule has 7 heteroatoms. The lowest BCUT2D eigenvalue weighted by Gasteiger charge is -2.12. The molecule has 0 spiro atoms. The van der Waals surface area contributed by atoms with Gasteiger partial charge in [0, 0.05) is 12.1 Å². The van der Waals surface area contributed by atoms with Crippen LogP contribution in [0, 0.1) is 5.82 Å². The van der Waals surface area contributed by atoms with Gasteiger partial charge in [-0.1, -0.05) is 6.07 Å². The average Bonchev–Trinajstić information content (AvgIpc) is 2.69. The SMILES string of the molecule is CCOc1ccc(CCNC(=O)CNC(=O)c2ccc(F)cc2)cc1OCC. The summed E-state index contributed by atoms with van der Waals surface area (Å²) in [6.45, 7) is 5.18. The van der Waals surface area contributed by atoms with Crippen molar-refractivity contribution in [2.45, 2.75) is 20.3 Å². The smallest absolute Gasteiger partial charge is 0.251 e. The van der Waals surface area contributed by atoms with Crippen LogP contribution < -0.4 is 20.1 Å². The van der Waals surface area contributed by atoms with E-state index in [2.05, 4.69) is 10.6 Å². The molecule has 0 bridgehead atoms. The van der Waals surface area contributed by atoms with Crippen LogP contribution in [0.25, 0.3) is 0 Å². The van der Waals surface area contributed by atoms with Crippen LogP contribution in [-0.4, -0.2) is 38.1 Å². The average molecular weight is 388 g/mol. The van der Waals surface area contributed by atoms with Crippen LogP contribution in [0.3, 0.4) is 0 Å². The molecule has 2 amide bonds. The fourth-order valence-corrected chi connectivity index (χ4v) is 2.52. The van der Waals surface area contributed by atoms with Crippen LogP contribution in [0.2, 0.25) is 0 Å². The van der Waals surface area contributed by atoms with E-state index in [-0.39, 0.29) is 12.5 Å². The molecular formula is C21H25FN2O4. The monoisotopic (exact) mass is 388 g/mol. The van der Waals surface area contributed by atoms with Crippen LogP contribution in [-0.2, 0) is 11.2 Å². The van der Waals surface area contributed by atoms with E-state index in [0.29, 0.717) is 43.2 Å². The van der Waals surface area contributed by atoms with Gasteiger partial charge in [-0.05, 0) is 62.2 Å². The summed E-state index contributed by atoms with van der Waals surface area (Å²) in [5.41, 5.74) is 1.30. The molecule has 0 aliphatic heterocycles. The number of hydrogen-bond donors (Lipinski definition) is 2. The largest absolute Gasteiger partial charge is 0.490 e. The number of nitrogens with one attached hydrogen (secondary N) is 2. The lowest BCUT2D eigenvalue weighted by atomic mass is 10.1. The molecule has 0 saturated heterocycles. The third-order valence-corrected chi connectivity index (χ3v) is 3.86. The third-order valence-electron chi connectivity index (χ3n) is 3.86. The number of hydrogen-bond acceptors (Lipinski definition) is 4. The van der Waals surface area contributed by atoms with Crippen molar-refractivity contribution in [1.82, 2.24) is 10.6 Å². The van der Waals surface area contributed by atoms with E-state index in [9.17, 15) is 14.0 Å². The Bertz CT molecular complexity index is 793. The highest BCUT2D eigenvalue weighted by Crippen LogP contribution is 2.28. The van der Waals surface area contributed by atoms with Crippen LogP contribution in [0.5, 0.6) is 11.5 Å². The van der Waals surface area contributed by atoms with Crippen LogP contribution in [0.1, 0.15) is 29.8 Å². The Hall–Kier alpha value is -3.09. The summed E-state index contributed by atoms with van der Waals surface area (Å²) in [5.74, 6) is 0.228. The van der Waals surface area contributed by atoms with E-state index >= 15 is 0 Å². The van der Waals surface area contributed by atoms with Gasteiger partial charge >= 0.3 is 0 Å². The lowest BCUT2D eigenvalue weighted by Crippen LogP contribution is -2.37. The Balaban J connectivity index is 1.77. The summed E-state index contributed by atoms with van der Waals surface area (Å²) in [5, 5.41) is 5.26. The molecule has 0 saturated carbocycles. The molecule has 2 aromatic rings. The normalized spacial score (nSPS) is 10.2. The van der Waals surface area contributed by atoms with Crippen LogP contribution in [0.15, 0.2) is 42.5 Å². The third kappa shape index (κ3) is 6.57. The molecule has 0 aliphatic rings. The Kier molecular flexibility index (Phi) is 8.27. The number of carbonyl (C=O) groups excluding carboxylic acids is 2. The number of halogens is 1. The summed E-state index contributed by atoms with van der Waals surface area (Å²) < 4.78 is 24.0. The fourth-order valence-electron chi connectivity index (χ4n) is 2.52. The summed E-state index contributed by atoms with van der Waals surface area (Å²) >= 11 is 0. The van der Waals surface area contributed by atoms with Crippen molar-refractivity contribution in [3.8, 4) is 11.5 Å². The highest BCUT2D eigenvalue weighted by molar-refractivity contribution is 5.96. The molecule has 0 radical (unpaired) electrons.